The molecule has 0 aliphatic heterocycles. The highest BCUT2D eigenvalue weighted by molar-refractivity contribution is 5.07. The summed E-state index contributed by atoms with van der Waals surface area (Å²) in [6, 6.07) is 2.69. The van der Waals surface area contributed by atoms with Gasteiger partial charge < -0.3 is 9.73 Å². The van der Waals surface area contributed by atoms with Crippen LogP contribution >= 0.6 is 0 Å². The van der Waals surface area contributed by atoms with Crippen LogP contribution in [0.3, 0.4) is 0 Å². The van der Waals surface area contributed by atoms with Gasteiger partial charge in [-0.05, 0) is 31.0 Å². The molecule has 122 valence electrons. The Morgan fingerprint density at radius 1 is 0.952 bits per heavy atom. The highest BCUT2D eigenvalue weighted by Crippen LogP contribution is 2.13. The Hall–Kier alpha value is -0.760. The minimum Gasteiger partial charge on any atom is -0.472 e. The van der Waals surface area contributed by atoms with Gasteiger partial charge >= 0.3 is 0 Å². The van der Waals surface area contributed by atoms with E-state index < -0.39 is 0 Å². The minimum atomic E-state index is 0.608. The van der Waals surface area contributed by atoms with Gasteiger partial charge in [-0.2, -0.15) is 0 Å². The second-order valence-corrected chi connectivity index (χ2v) is 6.21. The average Bonchev–Trinajstić information content (AvgIpc) is 2.98. The molecule has 21 heavy (non-hydrogen) atoms. The molecule has 0 aliphatic carbocycles. The van der Waals surface area contributed by atoms with Gasteiger partial charge in [0.25, 0.3) is 0 Å². The molecule has 0 saturated heterocycles. The molecule has 1 heterocycles. The highest BCUT2D eigenvalue weighted by Gasteiger charge is 2.08. The molecule has 1 aromatic rings. The standard InChI is InChI=1S/C19H35NO/c1-3-5-6-7-8-9-10-11-12-13-19(20-4-2)16-18-14-15-21-17-18/h14-15,17,19-20H,3-13,16H2,1-2H3. The van der Waals surface area contributed by atoms with Gasteiger partial charge in [0.1, 0.15) is 0 Å². The van der Waals surface area contributed by atoms with E-state index in [0.717, 1.165) is 13.0 Å². The minimum absolute atomic E-state index is 0.608. The third-order valence-corrected chi connectivity index (χ3v) is 4.21. The maximum absolute atomic E-state index is 5.16. The summed E-state index contributed by atoms with van der Waals surface area (Å²) in [4.78, 5) is 0. The van der Waals surface area contributed by atoms with Gasteiger partial charge in [-0.25, -0.2) is 0 Å². The van der Waals surface area contributed by atoms with Crippen LogP contribution in [0.4, 0.5) is 0 Å². The SMILES string of the molecule is CCCCCCCCCCCC(Cc1ccoc1)NCC. The Labute approximate surface area is 131 Å². The van der Waals surface area contributed by atoms with Crippen LogP contribution in [0.15, 0.2) is 23.0 Å². The van der Waals surface area contributed by atoms with Crippen molar-refractivity contribution in [2.45, 2.75) is 90.5 Å². The first-order valence-corrected chi connectivity index (χ1v) is 9.11. The molecule has 2 heteroatoms. The first kappa shape index (κ1) is 18.3. The van der Waals surface area contributed by atoms with E-state index in [9.17, 15) is 0 Å². The van der Waals surface area contributed by atoms with Crippen molar-refractivity contribution in [3.63, 3.8) is 0 Å². The molecule has 0 spiro atoms. The molecule has 0 aliphatic rings. The second kappa shape index (κ2) is 12.9. The van der Waals surface area contributed by atoms with Crippen LogP contribution in [0.5, 0.6) is 0 Å². The van der Waals surface area contributed by atoms with Crippen LogP contribution in [0, 0.1) is 0 Å². The van der Waals surface area contributed by atoms with E-state index in [1.165, 1.54) is 69.8 Å². The summed E-state index contributed by atoms with van der Waals surface area (Å²) >= 11 is 0. The number of likely N-dealkylation sites (N-methyl/N-ethyl adjacent to an activating group) is 1. The predicted molar refractivity (Wildman–Crippen MR) is 91.7 cm³/mol. The number of hydrogen-bond acceptors (Lipinski definition) is 2. The Kier molecular flexibility index (Phi) is 11.3. The zero-order valence-corrected chi connectivity index (χ0v) is 14.2. The molecule has 1 unspecified atom stereocenters. The number of furan rings is 1. The van der Waals surface area contributed by atoms with E-state index in [2.05, 4.69) is 25.2 Å². The molecule has 2 nitrogen and oxygen atoms in total. The lowest BCUT2D eigenvalue weighted by Gasteiger charge is -2.17. The summed E-state index contributed by atoms with van der Waals surface area (Å²) in [7, 11) is 0. The van der Waals surface area contributed by atoms with Crippen LogP contribution in [0.25, 0.3) is 0 Å². The van der Waals surface area contributed by atoms with Crippen LogP contribution < -0.4 is 5.32 Å². The molecule has 1 N–H and O–H groups in total. The normalized spacial score (nSPS) is 12.7. The summed E-state index contributed by atoms with van der Waals surface area (Å²) < 4.78 is 5.16. The van der Waals surface area contributed by atoms with Crippen molar-refractivity contribution in [2.24, 2.45) is 0 Å². The largest absolute Gasteiger partial charge is 0.472 e. The molecule has 0 bridgehead atoms. The first-order valence-electron chi connectivity index (χ1n) is 9.11. The molecule has 1 atom stereocenters. The molecule has 0 saturated carbocycles. The summed E-state index contributed by atoms with van der Waals surface area (Å²) in [5, 5.41) is 3.60. The fraction of sp³-hybridized carbons (Fsp3) is 0.789. The zero-order valence-electron chi connectivity index (χ0n) is 14.2. The molecule has 0 amide bonds. The van der Waals surface area contributed by atoms with Gasteiger partial charge in [0, 0.05) is 6.04 Å². The maximum atomic E-state index is 5.16. The van der Waals surface area contributed by atoms with Crippen LogP contribution in [-0.4, -0.2) is 12.6 Å². The molecular weight excluding hydrogens is 258 g/mol. The van der Waals surface area contributed by atoms with Crippen molar-refractivity contribution in [2.75, 3.05) is 6.54 Å². The zero-order chi connectivity index (χ0) is 15.2. The summed E-state index contributed by atoms with van der Waals surface area (Å²) in [5.74, 6) is 0. The molecular formula is C19H35NO. The van der Waals surface area contributed by atoms with E-state index in [1.807, 2.05) is 6.26 Å². The van der Waals surface area contributed by atoms with Crippen molar-refractivity contribution in [1.82, 2.24) is 5.32 Å². The Morgan fingerprint density at radius 3 is 2.19 bits per heavy atom. The molecule has 0 aromatic carbocycles. The lowest BCUT2D eigenvalue weighted by molar-refractivity contribution is 0.456. The van der Waals surface area contributed by atoms with E-state index in [1.54, 1.807) is 6.26 Å². The Balaban J connectivity index is 2.00. The van der Waals surface area contributed by atoms with Gasteiger partial charge in [-0.15, -0.1) is 0 Å². The van der Waals surface area contributed by atoms with Gasteiger partial charge in [-0.3, -0.25) is 0 Å². The van der Waals surface area contributed by atoms with Gasteiger partial charge in [0.15, 0.2) is 0 Å². The second-order valence-electron chi connectivity index (χ2n) is 6.21. The maximum Gasteiger partial charge on any atom is 0.0935 e. The van der Waals surface area contributed by atoms with Crippen molar-refractivity contribution in [3.05, 3.63) is 24.2 Å². The van der Waals surface area contributed by atoms with E-state index in [4.69, 9.17) is 4.42 Å². The van der Waals surface area contributed by atoms with Crippen LogP contribution in [0.1, 0.15) is 83.6 Å². The van der Waals surface area contributed by atoms with Gasteiger partial charge in [-0.1, -0.05) is 71.6 Å². The Morgan fingerprint density at radius 2 is 1.62 bits per heavy atom. The number of hydrogen-bond donors (Lipinski definition) is 1. The molecule has 0 fully saturated rings. The van der Waals surface area contributed by atoms with Crippen molar-refractivity contribution in [1.29, 1.82) is 0 Å². The monoisotopic (exact) mass is 293 g/mol. The van der Waals surface area contributed by atoms with Crippen LogP contribution in [-0.2, 0) is 6.42 Å². The van der Waals surface area contributed by atoms with E-state index in [-0.39, 0.29) is 0 Å². The summed E-state index contributed by atoms with van der Waals surface area (Å²) in [6.45, 7) is 5.53. The quantitative estimate of drug-likeness (QED) is 0.444. The average molecular weight is 293 g/mol. The Bertz CT molecular complexity index is 307. The fourth-order valence-electron chi connectivity index (χ4n) is 2.96. The first-order chi connectivity index (χ1) is 10.4. The summed E-state index contributed by atoms with van der Waals surface area (Å²) in [6.07, 6.45) is 18.7. The molecule has 1 rings (SSSR count). The predicted octanol–water partition coefficient (Wildman–Crippen LogP) is 5.72. The highest BCUT2D eigenvalue weighted by atomic mass is 16.3. The number of nitrogens with one attached hydrogen (secondary N) is 1. The lowest BCUT2D eigenvalue weighted by Crippen LogP contribution is -2.30. The van der Waals surface area contributed by atoms with Crippen molar-refractivity contribution >= 4 is 0 Å². The van der Waals surface area contributed by atoms with Crippen molar-refractivity contribution < 1.29 is 4.42 Å². The molecule has 1 aromatic heterocycles. The third-order valence-electron chi connectivity index (χ3n) is 4.21. The lowest BCUT2D eigenvalue weighted by atomic mass is 10.0. The third kappa shape index (κ3) is 9.73. The van der Waals surface area contributed by atoms with Crippen molar-refractivity contribution in [3.8, 4) is 0 Å². The molecule has 0 radical (unpaired) electrons. The number of unbranched alkanes of at least 4 members (excludes halogenated alkanes) is 8. The summed E-state index contributed by atoms with van der Waals surface area (Å²) in [5.41, 5.74) is 1.32. The fourth-order valence-corrected chi connectivity index (χ4v) is 2.96. The smallest absolute Gasteiger partial charge is 0.0935 e. The van der Waals surface area contributed by atoms with E-state index >= 15 is 0 Å². The van der Waals surface area contributed by atoms with Crippen LogP contribution in [0.2, 0.25) is 0 Å². The number of rotatable bonds is 14. The van der Waals surface area contributed by atoms with Gasteiger partial charge in [0.2, 0.25) is 0 Å². The van der Waals surface area contributed by atoms with E-state index in [0.29, 0.717) is 6.04 Å². The topological polar surface area (TPSA) is 25.2 Å². The van der Waals surface area contributed by atoms with Gasteiger partial charge in [0.05, 0.1) is 12.5 Å².